The van der Waals surface area contributed by atoms with E-state index in [-0.39, 0.29) is 11.5 Å². The van der Waals surface area contributed by atoms with Crippen LogP contribution in [0.5, 0.6) is 11.5 Å². The fraction of sp³-hybridized carbons (Fsp3) is 0.0909. The highest BCUT2D eigenvalue weighted by Crippen LogP contribution is 2.46. The smallest absolute Gasteiger partial charge is 0.256 e. The molecule has 0 saturated heterocycles. The van der Waals surface area contributed by atoms with Gasteiger partial charge in [-0.3, -0.25) is 10.2 Å². The molecule has 1 amide bonds. The number of carbonyl (C=O) groups is 1. The number of rotatable bonds is 5. The van der Waals surface area contributed by atoms with Crippen molar-refractivity contribution in [2.75, 3.05) is 20.0 Å². The molecular weight excluding hydrogens is 425 g/mol. The van der Waals surface area contributed by atoms with Gasteiger partial charge in [-0.05, 0) is 29.8 Å². The van der Waals surface area contributed by atoms with Crippen LogP contribution in [-0.2, 0) is 0 Å². The minimum Gasteiger partial charge on any atom is -0.495 e. The Kier molecular flexibility index (Phi) is 6.50. The average Bonchev–Trinajstić information content (AvgIpc) is 2.74. The average molecular weight is 444 g/mol. The standard InChI is InChI=1S/C22H19Cl2N3O3/c1-29-16-11-17(30-2)20(24)18(19(16)23)13-8-9-14(15(25)10-13)21(26)27-22(28)12-6-4-3-5-7-12/h3-11H,25H2,1-2H3,(H2,26,27,28). The third-order valence-corrected chi connectivity index (χ3v) is 5.21. The highest BCUT2D eigenvalue weighted by molar-refractivity contribution is 6.41. The van der Waals surface area contributed by atoms with E-state index in [1.807, 2.05) is 6.07 Å². The predicted octanol–water partition coefficient (Wildman–Crippen LogP) is 5.02. The van der Waals surface area contributed by atoms with Crippen molar-refractivity contribution in [1.82, 2.24) is 5.32 Å². The van der Waals surface area contributed by atoms with E-state index < -0.39 is 5.91 Å². The van der Waals surface area contributed by atoms with Gasteiger partial charge >= 0.3 is 0 Å². The lowest BCUT2D eigenvalue weighted by atomic mass is 10.0. The van der Waals surface area contributed by atoms with Gasteiger partial charge in [0, 0.05) is 28.4 Å². The van der Waals surface area contributed by atoms with Crippen molar-refractivity contribution < 1.29 is 14.3 Å². The number of methoxy groups -OCH3 is 2. The number of hydrogen-bond donors (Lipinski definition) is 3. The molecule has 0 heterocycles. The number of ether oxygens (including phenoxy) is 2. The third kappa shape index (κ3) is 4.20. The summed E-state index contributed by atoms with van der Waals surface area (Å²) in [6.45, 7) is 0. The van der Waals surface area contributed by atoms with E-state index >= 15 is 0 Å². The fourth-order valence-corrected chi connectivity index (χ4v) is 3.65. The Morgan fingerprint density at radius 1 is 0.967 bits per heavy atom. The lowest BCUT2D eigenvalue weighted by Crippen LogP contribution is -2.31. The van der Waals surface area contributed by atoms with Gasteiger partial charge in [0.05, 0.1) is 24.3 Å². The van der Waals surface area contributed by atoms with Gasteiger partial charge in [0.25, 0.3) is 5.91 Å². The molecule has 6 nitrogen and oxygen atoms in total. The molecule has 0 spiro atoms. The molecule has 3 aromatic rings. The molecule has 3 aromatic carbocycles. The topological polar surface area (TPSA) is 97.4 Å². The first-order valence-corrected chi connectivity index (χ1v) is 9.58. The van der Waals surface area contributed by atoms with Crippen LogP contribution in [-0.4, -0.2) is 26.0 Å². The maximum absolute atomic E-state index is 12.3. The first-order valence-electron chi connectivity index (χ1n) is 8.82. The quantitative estimate of drug-likeness (QED) is 0.293. The molecule has 0 saturated carbocycles. The Morgan fingerprint density at radius 3 is 2.10 bits per heavy atom. The van der Waals surface area contributed by atoms with Crippen molar-refractivity contribution in [3.63, 3.8) is 0 Å². The minimum atomic E-state index is -0.396. The summed E-state index contributed by atoms with van der Waals surface area (Å²) in [4.78, 5) is 12.3. The molecule has 0 atom stereocenters. The number of hydrogen-bond acceptors (Lipinski definition) is 5. The lowest BCUT2D eigenvalue weighted by molar-refractivity contribution is 0.0977. The summed E-state index contributed by atoms with van der Waals surface area (Å²) < 4.78 is 10.6. The molecule has 0 bridgehead atoms. The number of nitrogens with two attached hydrogens (primary N) is 1. The number of carbonyl (C=O) groups excluding carboxylic acids is 1. The van der Waals surface area contributed by atoms with Crippen molar-refractivity contribution in [1.29, 1.82) is 5.41 Å². The summed E-state index contributed by atoms with van der Waals surface area (Å²) in [6.07, 6.45) is 0. The highest BCUT2D eigenvalue weighted by Gasteiger charge is 2.20. The van der Waals surface area contributed by atoms with E-state index in [0.717, 1.165) is 0 Å². The molecule has 154 valence electrons. The second-order valence-corrected chi connectivity index (χ2v) is 7.04. The van der Waals surface area contributed by atoms with Gasteiger partial charge in [0.15, 0.2) is 0 Å². The van der Waals surface area contributed by atoms with Crippen molar-refractivity contribution >= 4 is 40.6 Å². The highest BCUT2D eigenvalue weighted by atomic mass is 35.5. The third-order valence-electron chi connectivity index (χ3n) is 4.46. The summed E-state index contributed by atoms with van der Waals surface area (Å²) in [5.41, 5.74) is 8.37. The largest absolute Gasteiger partial charge is 0.495 e. The molecule has 0 fully saturated rings. The van der Waals surface area contributed by atoms with E-state index in [1.165, 1.54) is 14.2 Å². The minimum absolute atomic E-state index is 0.117. The molecule has 0 radical (unpaired) electrons. The summed E-state index contributed by atoms with van der Waals surface area (Å²) in [6, 6.07) is 15.2. The summed E-state index contributed by atoms with van der Waals surface area (Å²) in [7, 11) is 2.99. The van der Waals surface area contributed by atoms with E-state index in [0.29, 0.717) is 43.8 Å². The number of nitrogen functional groups attached to an aromatic ring is 1. The van der Waals surface area contributed by atoms with Crippen LogP contribution in [0.4, 0.5) is 5.69 Å². The van der Waals surface area contributed by atoms with Crippen LogP contribution in [0.1, 0.15) is 15.9 Å². The molecule has 3 rings (SSSR count). The molecule has 0 aliphatic heterocycles. The van der Waals surface area contributed by atoms with Gasteiger partial charge in [-0.2, -0.15) is 0 Å². The van der Waals surface area contributed by atoms with Crippen molar-refractivity contribution in [2.24, 2.45) is 0 Å². The molecular formula is C22H19Cl2N3O3. The van der Waals surface area contributed by atoms with E-state index in [9.17, 15) is 4.79 Å². The van der Waals surface area contributed by atoms with Crippen LogP contribution in [0.2, 0.25) is 10.0 Å². The van der Waals surface area contributed by atoms with Crippen molar-refractivity contribution in [2.45, 2.75) is 0 Å². The van der Waals surface area contributed by atoms with Gasteiger partial charge in [0.1, 0.15) is 17.3 Å². The first-order chi connectivity index (χ1) is 14.4. The van der Waals surface area contributed by atoms with E-state index in [2.05, 4.69) is 5.32 Å². The zero-order valence-electron chi connectivity index (χ0n) is 16.3. The Labute approximate surface area is 184 Å². The second-order valence-electron chi connectivity index (χ2n) is 6.28. The predicted molar refractivity (Wildman–Crippen MR) is 120 cm³/mol. The van der Waals surface area contributed by atoms with Gasteiger partial charge in [0.2, 0.25) is 0 Å². The van der Waals surface area contributed by atoms with Crippen molar-refractivity contribution in [3.8, 4) is 22.6 Å². The van der Waals surface area contributed by atoms with Crippen molar-refractivity contribution in [3.05, 3.63) is 75.8 Å². The normalized spacial score (nSPS) is 10.4. The summed E-state index contributed by atoms with van der Waals surface area (Å²) in [5.74, 6) is 0.290. The molecule has 4 N–H and O–H groups in total. The monoisotopic (exact) mass is 443 g/mol. The number of amidine groups is 1. The Balaban J connectivity index is 1.95. The Bertz CT molecular complexity index is 1090. The van der Waals surface area contributed by atoms with Crippen LogP contribution in [0, 0.1) is 5.41 Å². The number of amides is 1. The second kappa shape index (κ2) is 9.07. The Morgan fingerprint density at radius 2 is 1.57 bits per heavy atom. The van der Waals surface area contributed by atoms with Crippen LogP contribution in [0.25, 0.3) is 11.1 Å². The Hall–Kier alpha value is -3.22. The maximum Gasteiger partial charge on any atom is 0.256 e. The zero-order valence-corrected chi connectivity index (χ0v) is 17.8. The molecule has 30 heavy (non-hydrogen) atoms. The van der Waals surface area contributed by atoms with E-state index in [4.69, 9.17) is 43.8 Å². The zero-order chi connectivity index (χ0) is 21.8. The molecule has 8 heteroatoms. The van der Waals surface area contributed by atoms with Crippen LogP contribution in [0.3, 0.4) is 0 Å². The number of halogens is 2. The van der Waals surface area contributed by atoms with Gasteiger partial charge < -0.3 is 20.5 Å². The number of benzene rings is 3. The fourth-order valence-electron chi connectivity index (χ4n) is 2.93. The van der Waals surface area contributed by atoms with Gasteiger partial charge in [-0.25, -0.2) is 0 Å². The lowest BCUT2D eigenvalue weighted by Gasteiger charge is -2.16. The van der Waals surface area contributed by atoms with Crippen LogP contribution in [0.15, 0.2) is 54.6 Å². The molecule has 0 aliphatic rings. The molecule has 0 aromatic heterocycles. The molecule has 0 aliphatic carbocycles. The SMILES string of the molecule is COc1cc(OC)c(Cl)c(-c2ccc(C(=N)NC(=O)c3ccccc3)c(N)c2)c1Cl. The summed E-state index contributed by atoms with van der Waals surface area (Å²) >= 11 is 12.9. The number of nitrogens with one attached hydrogen (secondary N) is 2. The summed E-state index contributed by atoms with van der Waals surface area (Å²) in [5, 5.41) is 11.4. The van der Waals surface area contributed by atoms with Crippen LogP contribution >= 0.6 is 23.2 Å². The first kappa shape index (κ1) is 21.5. The van der Waals surface area contributed by atoms with Gasteiger partial charge in [-0.1, -0.05) is 47.5 Å². The number of anilines is 1. The van der Waals surface area contributed by atoms with E-state index in [1.54, 1.807) is 48.5 Å². The maximum atomic E-state index is 12.3. The molecule has 0 unspecified atom stereocenters. The van der Waals surface area contributed by atoms with Gasteiger partial charge in [-0.15, -0.1) is 0 Å². The van der Waals surface area contributed by atoms with Crippen LogP contribution < -0.4 is 20.5 Å².